The summed E-state index contributed by atoms with van der Waals surface area (Å²) in [6.07, 6.45) is 0. The Bertz CT molecular complexity index is 788. The van der Waals surface area contributed by atoms with Gasteiger partial charge in [-0.1, -0.05) is 36.4 Å². The summed E-state index contributed by atoms with van der Waals surface area (Å²) in [5, 5.41) is 0. The van der Waals surface area contributed by atoms with E-state index >= 15 is 0 Å². The minimum absolute atomic E-state index is 0.0534. The first-order chi connectivity index (χ1) is 9.70. The second-order valence-electron chi connectivity index (χ2n) is 4.40. The predicted molar refractivity (Wildman–Crippen MR) is 80.2 cm³/mol. The minimum atomic E-state index is -0.322. The average Bonchev–Trinajstić information content (AvgIpc) is 2.73. The third kappa shape index (κ3) is 1.76. The number of anilines is 2. The lowest BCUT2D eigenvalue weighted by Gasteiger charge is -2.12. The molecule has 5 nitrogen and oxygen atoms in total. The molecule has 3 aromatic rings. The van der Waals surface area contributed by atoms with E-state index in [-0.39, 0.29) is 17.1 Å². The molecule has 1 aromatic heterocycles. The van der Waals surface area contributed by atoms with Crippen LogP contribution in [-0.2, 0) is 0 Å². The van der Waals surface area contributed by atoms with E-state index in [0.29, 0.717) is 5.69 Å². The van der Waals surface area contributed by atoms with Crippen LogP contribution in [0.4, 0.5) is 11.5 Å². The number of rotatable bonds is 2. The Kier molecular flexibility index (Phi) is 2.80. The first-order valence-corrected chi connectivity index (χ1v) is 6.20. The van der Waals surface area contributed by atoms with E-state index in [4.69, 9.17) is 11.5 Å². The number of hydrogen-bond acceptors (Lipinski definition) is 3. The maximum Gasteiger partial charge on any atom is 0.297 e. The number of para-hydroxylation sites is 2. The zero-order valence-electron chi connectivity index (χ0n) is 10.7. The van der Waals surface area contributed by atoms with Gasteiger partial charge in [0.05, 0.1) is 11.4 Å². The van der Waals surface area contributed by atoms with E-state index in [1.165, 1.54) is 4.68 Å². The molecule has 4 N–H and O–H groups in total. The van der Waals surface area contributed by atoms with E-state index in [9.17, 15) is 4.79 Å². The van der Waals surface area contributed by atoms with Crippen molar-refractivity contribution in [1.82, 2.24) is 9.36 Å². The van der Waals surface area contributed by atoms with Crippen LogP contribution in [0, 0.1) is 0 Å². The van der Waals surface area contributed by atoms with Crippen molar-refractivity contribution in [2.24, 2.45) is 0 Å². The van der Waals surface area contributed by atoms with Gasteiger partial charge < -0.3 is 11.5 Å². The van der Waals surface area contributed by atoms with Crippen molar-refractivity contribution in [3.05, 3.63) is 71.0 Å². The third-order valence-electron chi connectivity index (χ3n) is 3.13. The topological polar surface area (TPSA) is 79.0 Å². The fourth-order valence-electron chi connectivity index (χ4n) is 2.16. The highest BCUT2D eigenvalue weighted by Crippen LogP contribution is 2.20. The molecule has 1 heterocycles. The lowest BCUT2D eigenvalue weighted by molar-refractivity contribution is 0.731. The Hall–Kier alpha value is -2.95. The quantitative estimate of drug-likeness (QED) is 0.742. The molecule has 0 atom stereocenters. The van der Waals surface area contributed by atoms with E-state index in [1.54, 1.807) is 4.68 Å². The highest BCUT2D eigenvalue weighted by Gasteiger charge is 2.17. The summed E-state index contributed by atoms with van der Waals surface area (Å²) in [7, 11) is 0. The second kappa shape index (κ2) is 4.62. The van der Waals surface area contributed by atoms with Crippen LogP contribution in [0.5, 0.6) is 0 Å². The van der Waals surface area contributed by atoms with E-state index in [2.05, 4.69) is 0 Å². The number of benzene rings is 2. The summed E-state index contributed by atoms with van der Waals surface area (Å²) < 4.78 is 3.09. The van der Waals surface area contributed by atoms with Crippen LogP contribution >= 0.6 is 0 Å². The predicted octanol–water partition coefficient (Wildman–Crippen LogP) is 1.79. The van der Waals surface area contributed by atoms with E-state index < -0.39 is 0 Å². The van der Waals surface area contributed by atoms with Gasteiger partial charge in [-0.15, -0.1) is 0 Å². The Morgan fingerprint density at radius 2 is 1.15 bits per heavy atom. The van der Waals surface area contributed by atoms with E-state index in [1.807, 2.05) is 60.7 Å². The Balaban J connectivity index is 2.36. The molecule has 100 valence electrons. The summed E-state index contributed by atoms with van der Waals surface area (Å²) in [4.78, 5) is 12.3. The van der Waals surface area contributed by atoms with Gasteiger partial charge in [-0.05, 0) is 24.3 Å². The number of nitrogens with zero attached hydrogens (tertiary/aromatic N) is 2. The van der Waals surface area contributed by atoms with Gasteiger partial charge in [0.15, 0.2) is 5.82 Å². The van der Waals surface area contributed by atoms with Gasteiger partial charge in [-0.2, -0.15) is 0 Å². The van der Waals surface area contributed by atoms with Crippen LogP contribution in [0.2, 0.25) is 0 Å². The van der Waals surface area contributed by atoms with Crippen LogP contribution in [0.25, 0.3) is 11.4 Å². The van der Waals surface area contributed by atoms with Gasteiger partial charge in [0, 0.05) is 0 Å². The minimum Gasteiger partial charge on any atom is -0.391 e. The summed E-state index contributed by atoms with van der Waals surface area (Å²) in [5.41, 5.74) is 13.0. The Labute approximate surface area is 115 Å². The monoisotopic (exact) mass is 266 g/mol. The molecule has 3 rings (SSSR count). The van der Waals surface area contributed by atoms with Crippen molar-refractivity contribution in [3.8, 4) is 11.4 Å². The Morgan fingerprint density at radius 3 is 1.65 bits per heavy atom. The molecule has 0 saturated carbocycles. The van der Waals surface area contributed by atoms with Crippen molar-refractivity contribution in [2.45, 2.75) is 0 Å². The van der Waals surface area contributed by atoms with Gasteiger partial charge in [0.2, 0.25) is 0 Å². The fraction of sp³-hybridized carbons (Fsp3) is 0. The highest BCUT2D eigenvalue weighted by atomic mass is 16.1. The molecule has 0 unspecified atom stereocenters. The zero-order chi connectivity index (χ0) is 14.1. The maximum atomic E-state index is 12.3. The van der Waals surface area contributed by atoms with Gasteiger partial charge >= 0.3 is 0 Å². The first-order valence-electron chi connectivity index (χ1n) is 6.20. The standard InChI is InChI=1S/C15H14N4O/c16-13-14(17)18(11-7-3-1-4-8-11)19(15(13)20)12-9-5-2-6-10-12/h1-10H,16-17H2. The van der Waals surface area contributed by atoms with Crippen molar-refractivity contribution in [3.63, 3.8) is 0 Å². The molecule has 0 aliphatic rings. The largest absolute Gasteiger partial charge is 0.391 e. The van der Waals surface area contributed by atoms with Crippen LogP contribution in [0.15, 0.2) is 65.5 Å². The SMILES string of the molecule is Nc1c(N)n(-c2ccccc2)n(-c2ccccc2)c1=O. The number of hydrogen-bond donors (Lipinski definition) is 2. The summed E-state index contributed by atoms with van der Waals surface area (Å²) in [5.74, 6) is 0.241. The molecular formula is C15H14N4O. The van der Waals surface area contributed by atoms with Crippen molar-refractivity contribution < 1.29 is 0 Å². The summed E-state index contributed by atoms with van der Waals surface area (Å²) in [6.45, 7) is 0. The molecule has 2 aromatic carbocycles. The molecule has 5 heteroatoms. The molecule has 20 heavy (non-hydrogen) atoms. The lowest BCUT2D eigenvalue weighted by Crippen LogP contribution is -2.21. The summed E-state index contributed by atoms with van der Waals surface area (Å²) >= 11 is 0. The summed E-state index contributed by atoms with van der Waals surface area (Å²) in [6, 6.07) is 18.7. The lowest BCUT2D eigenvalue weighted by atomic mass is 10.3. The highest BCUT2D eigenvalue weighted by molar-refractivity contribution is 5.62. The zero-order valence-corrected chi connectivity index (χ0v) is 10.7. The van der Waals surface area contributed by atoms with Gasteiger partial charge in [-0.3, -0.25) is 4.79 Å². The maximum absolute atomic E-state index is 12.3. The molecule has 0 saturated heterocycles. The number of nitrogen functional groups attached to an aromatic ring is 2. The van der Waals surface area contributed by atoms with Crippen molar-refractivity contribution >= 4 is 11.5 Å². The number of aromatic nitrogens is 2. The van der Waals surface area contributed by atoms with Crippen molar-refractivity contribution in [2.75, 3.05) is 11.5 Å². The first kappa shape index (κ1) is 12.1. The molecule has 0 aliphatic carbocycles. The average molecular weight is 266 g/mol. The number of nitrogens with two attached hydrogens (primary N) is 2. The van der Waals surface area contributed by atoms with Crippen LogP contribution in [0.3, 0.4) is 0 Å². The second-order valence-corrected chi connectivity index (χ2v) is 4.40. The van der Waals surface area contributed by atoms with Gasteiger partial charge in [0.1, 0.15) is 5.69 Å². The molecule has 0 aliphatic heterocycles. The molecule has 0 bridgehead atoms. The molecule has 0 fully saturated rings. The fourth-order valence-corrected chi connectivity index (χ4v) is 2.16. The van der Waals surface area contributed by atoms with Crippen LogP contribution < -0.4 is 17.0 Å². The Morgan fingerprint density at radius 1 is 0.700 bits per heavy atom. The normalized spacial score (nSPS) is 10.6. The molecule has 0 spiro atoms. The van der Waals surface area contributed by atoms with Crippen LogP contribution in [-0.4, -0.2) is 9.36 Å². The smallest absolute Gasteiger partial charge is 0.297 e. The van der Waals surface area contributed by atoms with E-state index in [0.717, 1.165) is 5.69 Å². The third-order valence-corrected chi connectivity index (χ3v) is 3.13. The molecular weight excluding hydrogens is 252 g/mol. The molecule has 0 radical (unpaired) electrons. The van der Waals surface area contributed by atoms with Crippen molar-refractivity contribution in [1.29, 1.82) is 0 Å². The van der Waals surface area contributed by atoms with Gasteiger partial charge in [0.25, 0.3) is 5.56 Å². The van der Waals surface area contributed by atoms with Crippen LogP contribution in [0.1, 0.15) is 0 Å². The van der Waals surface area contributed by atoms with Gasteiger partial charge in [-0.25, -0.2) is 9.36 Å². The molecule has 0 amide bonds.